The van der Waals surface area contributed by atoms with Crippen LogP contribution < -0.4 is 9.64 Å². The number of fused-ring (bicyclic) bond motifs is 1. The van der Waals surface area contributed by atoms with E-state index in [-0.39, 0.29) is 27.9 Å². The van der Waals surface area contributed by atoms with Gasteiger partial charge in [0.25, 0.3) is 5.78 Å². The van der Waals surface area contributed by atoms with Crippen molar-refractivity contribution in [1.82, 2.24) is 14.4 Å². The molecular formula is C29H28N4O5S. The highest BCUT2D eigenvalue weighted by molar-refractivity contribution is 7.18. The minimum absolute atomic E-state index is 0.103. The molecule has 1 saturated heterocycles. The number of ketones is 2. The number of ether oxygens (including phenoxy) is 1. The molecular weight excluding hydrogens is 516 g/mol. The first-order valence-corrected chi connectivity index (χ1v) is 13.4. The topological polar surface area (TPSA) is 114 Å². The van der Waals surface area contributed by atoms with E-state index in [1.807, 2.05) is 36.6 Å². The fourth-order valence-corrected chi connectivity index (χ4v) is 5.81. The lowest BCUT2D eigenvalue weighted by atomic mass is 9.96. The van der Waals surface area contributed by atoms with Crippen LogP contribution in [-0.4, -0.2) is 43.6 Å². The van der Waals surface area contributed by atoms with E-state index in [2.05, 4.69) is 9.97 Å². The SMILES string of the molecule is CCCOc1cccc(C2/C(=C(\O)c3nc4c(C)cccn4c3C)C(=O)C(=O)N2c2nc(C)c(C(C)=O)s2)c1. The minimum atomic E-state index is -1.01. The molecule has 4 heterocycles. The largest absolute Gasteiger partial charge is 0.505 e. The Bertz CT molecular complexity index is 1680. The molecule has 0 saturated carbocycles. The van der Waals surface area contributed by atoms with E-state index in [9.17, 15) is 19.5 Å². The second-order valence-corrected chi connectivity index (χ2v) is 10.5. The van der Waals surface area contributed by atoms with E-state index >= 15 is 0 Å². The molecule has 4 aromatic rings. The number of aliphatic hydroxyl groups excluding tert-OH is 1. The Kier molecular flexibility index (Phi) is 6.82. The summed E-state index contributed by atoms with van der Waals surface area (Å²) in [5, 5.41) is 11.8. The summed E-state index contributed by atoms with van der Waals surface area (Å²) in [6.07, 6.45) is 2.63. The summed E-state index contributed by atoms with van der Waals surface area (Å²) >= 11 is 1.04. The Morgan fingerprint density at radius 3 is 2.56 bits per heavy atom. The van der Waals surface area contributed by atoms with Gasteiger partial charge in [0.1, 0.15) is 17.1 Å². The van der Waals surface area contributed by atoms with E-state index in [0.29, 0.717) is 39.8 Å². The van der Waals surface area contributed by atoms with Gasteiger partial charge in [-0.15, -0.1) is 0 Å². The number of nitrogens with zero attached hydrogens (tertiary/aromatic N) is 4. The number of aliphatic hydroxyl groups is 1. The number of aryl methyl sites for hydroxylation is 3. The molecule has 1 aromatic carbocycles. The van der Waals surface area contributed by atoms with Crippen molar-refractivity contribution in [3.63, 3.8) is 0 Å². The molecule has 3 aromatic heterocycles. The molecule has 9 nitrogen and oxygen atoms in total. The first kappa shape index (κ1) is 26.3. The van der Waals surface area contributed by atoms with Crippen LogP contribution >= 0.6 is 11.3 Å². The third-order valence-electron chi connectivity index (χ3n) is 6.71. The molecule has 1 unspecified atom stereocenters. The van der Waals surface area contributed by atoms with Crippen molar-refractivity contribution in [2.24, 2.45) is 0 Å². The van der Waals surface area contributed by atoms with Gasteiger partial charge in [0.2, 0.25) is 0 Å². The van der Waals surface area contributed by atoms with Crippen LogP contribution in [0.25, 0.3) is 11.4 Å². The molecule has 1 amide bonds. The monoisotopic (exact) mass is 544 g/mol. The lowest BCUT2D eigenvalue weighted by Crippen LogP contribution is -2.29. The van der Waals surface area contributed by atoms with E-state index in [1.54, 1.807) is 38.1 Å². The van der Waals surface area contributed by atoms with E-state index in [1.165, 1.54) is 11.8 Å². The average Bonchev–Trinajstić information content (AvgIpc) is 3.55. The number of rotatable bonds is 7. The molecule has 0 radical (unpaired) electrons. The van der Waals surface area contributed by atoms with Crippen LogP contribution in [0.4, 0.5) is 5.13 Å². The average molecular weight is 545 g/mol. The highest BCUT2D eigenvalue weighted by atomic mass is 32.1. The van der Waals surface area contributed by atoms with Gasteiger partial charge in [-0.05, 0) is 56.5 Å². The quantitative estimate of drug-likeness (QED) is 0.145. The number of pyridine rings is 1. The zero-order valence-corrected chi connectivity index (χ0v) is 23.1. The summed E-state index contributed by atoms with van der Waals surface area (Å²) in [7, 11) is 0. The summed E-state index contributed by atoms with van der Waals surface area (Å²) in [6, 6.07) is 9.85. The smallest absolute Gasteiger partial charge is 0.301 e. The highest BCUT2D eigenvalue weighted by Crippen LogP contribution is 2.44. The molecule has 0 aliphatic carbocycles. The van der Waals surface area contributed by atoms with Crippen LogP contribution in [0.15, 0.2) is 48.2 Å². The van der Waals surface area contributed by atoms with Crippen molar-refractivity contribution in [3.8, 4) is 5.75 Å². The number of imidazole rings is 1. The minimum Gasteiger partial charge on any atom is -0.505 e. The molecule has 200 valence electrons. The van der Waals surface area contributed by atoms with Gasteiger partial charge in [0.15, 0.2) is 16.7 Å². The maximum absolute atomic E-state index is 13.6. The fraction of sp³-hybridized carbons (Fsp3) is 0.276. The predicted octanol–water partition coefficient (Wildman–Crippen LogP) is 5.33. The molecule has 1 aliphatic rings. The van der Waals surface area contributed by atoms with Gasteiger partial charge in [0.05, 0.1) is 34.5 Å². The summed E-state index contributed by atoms with van der Waals surface area (Å²) in [4.78, 5) is 50.1. The van der Waals surface area contributed by atoms with Gasteiger partial charge in [-0.1, -0.05) is 36.5 Å². The molecule has 1 fully saturated rings. The zero-order chi connectivity index (χ0) is 28.0. The number of amides is 1. The summed E-state index contributed by atoms with van der Waals surface area (Å²) in [6.45, 7) is 9.31. The summed E-state index contributed by atoms with van der Waals surface area (Å²) in [5.74, 6) is -1.69. The maximum atomic E-state index is 13.6. The molecule has 0 spiro atoms. The molecule has 10 heteroatoms. The number of benzene rings is 1. The Morgan fingerprint density at radius 2 is 1.90 bits per heavy atom. The zero-order valence-electron chi connectivity index (χ0n) is 22.3. The van der Waals surface area contributed by atoms with Crippen molar-refractivity contribution in [1.29, 1.82) is 0 Å². The Labute approximate surface area is 229 Å². The van der Waals surface area contributed by atoms with Crippen LogP contribution in [0, 0.1) is 20.8 Å². The number of hydrogen-bond acceptors (Lipinski definition) is 8. The lowest BCUT2D eigenvalue weighted by molar-refractivity contribution is -0.132. The van der Waals surface area contributed by atoms with Gasteiger partial charge in [-0.2, -0.15) is 0 Å². The fourth-order valence-electron chi connectivity index (χ4n) is 4.83. The van der Waals surface area contributed by atoms with Crippen molar-refractivity contribution in [3.05, 3.63) is 81.3 Å². The van der Waals surface area contributed by atoms with Crippen LogP contribution in [0.3, 0.4) is 0 Å². The Morgan fingerprint density at radius 1 is 1.13 bits per heavy atom. The number of hydrogen-bond donors (Lipinski definition) is 1. The van der Waals surface area contributed by atoms with Crippen molar-refractivity contribution >= 4 is 45.3 Å². The summed E-state index contributed by atoms with van der Waals surface area (Å²) < 4.78 is 7.65. The standard InChI is InChI=1S/C29H28N4O5S/c1-6-13-38-20-11-7-10-19(14-20)23-21(24(35)22-17(4)32-12-8-9-15(2)27(32)31-22)25(36)28(37)33(23)29-30-16(3)26(39-29)18(5)34/h7-12,14,23,35H,6,13H2,1-5H3/b24-21+. The van der Waals surface area contributed by atoms with Crippen molar-refractivity contribution in [2.75, 3.05) is 11.5 Å². The van der Waals surface area contributed by atoms with E-state index < -0.39 is 17.7 Å². The number of thiazole rings is 1. The third kappa shape index (κ3) is 4.40. The number of aromatic nitrogens is 3. The third-order valence-corrected chi connectivity index (χ3v) is 7.97. The van der Waals surface area contributed by atoms with E-state index in [4.69, 9.17) is 4.74 Å². The first-order valence-electron chi connectivity index (χ1n) is 12.6. The van der Waals surface area contributed by atoms with Crippen molar-refractivity contribution < 1.29 is 24.2 Å². The van der Waals surface area contributed by atoms with Crippen LogP contribution in [0.1, 0.15) is 64.2 Å². The normalized spacial score (nSPS) is 16.8. The molecule has 1 atom stereocenters. The number of Topliss-reactive ketones (excluding diaryl/α,β-unsaturated/α-hetero) is 2. The lowest BCUT2D eigenvalue weighted by Gasteiger charge is -2.23. The second kappa shape index (κ2) is 10.1. The Balaban J connectivity index is 1.75. The van der Waals surface area contributed by atoms with E-state index in [0.717, 1.165) is 23.3 Å². The van der Waals surface area contributed by atoms with Gasteiger partial charge < -0.3 is 14.2 Å². The van der Waals surface area contributed by atoms with Crippen LogP contribution in [0.2, 0.25) is 0 Å². The van der Waals surface area contributed by atoms with Gasteiger partial charge in [0, 0.05) is 13.1 Å². The summed E-state index contributed by atoms with van der Waals surface area (Å²) in [5.41, 5.74) is 3.29. The van der Waals surface area contributed by atoms with Crippen molar-refractivity contribution in [2.45, 2.75) is 47.1 Å². The van der Waals surface area contributed by atoms with Gasteiger partial charge in [-0.25, -0.2) is 9.97 Å². The van der Waals surface area contributed by atoms with Gasteiger partial charge in [-0.3, -0.25) is 19.3 Å². The number of carbonyl (C=O) groups is 3. The first-order chi connectivity index (χ1) is 18.6. The van der Waals surface area contributed by atoms with Crippen LogP contribution in [0.5, 0.6) is 5.75 Å². The second-order valence-electron chi connectivity index (χ2n) is 9.49. The Hall–Kier alpha value is -4.31. The molecule has 1 aliphatic heterocycles. The van der Waals surface area contributed by atoms with Crippen LogP contribution in [-0.2, 0) is 9.59 Å². The number of anilines is 1. The van der Waals surface area contributed by atoms with Gasteiger partial charge >= 0.3 is 5.91 Å². The predicted molar refractivity (Wildman–Crippen MR) is 149 cm³/mol. The molecule has 5 rings (SSSR count). The highest BCUT2D eigenvalue weighted by Gasteiger charge is 2.49. The number of carbonyl (C=O) groups excluding carboxylic acids is 3. The maximum Gasteiger partial charge on any atom is 0.301 e. The molecule has 39 heavy (non-hydrogen) atoms. The molecule has 1 N–H and O–H groups in total. The molecule has 0 bridgehead atoms.